The zero-order chi connectivity index (χ0) is 17.9. The molecule has 2 amide bonds. The van der Waals surface area contributed by atoms with Crippen LogP contribution in [0.25, 0.3) is 0 Å². The van der Waals surface area contributed by atoms with Crippen LogP contribution in [0.4, 0.5) is 0 Å². The van der Waals surface area contributed by atoms with Gasteiger partial charge in [-0.25, -0.2) is 0 Å². The predicted molar refractivity (Wildman–Crippen MR) is 86.4 cm³/mol. The zero-order valence-electron chi connectivity index (χ0n) is 14.2. The van der Waals surface area contributed by atoms with Crippen molar-refractivity contribution in [3.05, 3.63) is 24.2 Å². The Labute approximate surface area is 141 Å². The van der Waals surface area contributed by atoms with Gasteiger partial charge in [0.05, 0.1) is 11.7 Å². The number of piperidine rings is 1. The summed E-state index contributed by atoms with van der Waals surface area (Å²) in [4.78, 5) is 38.0. The molecule has 0 radical (unpaired) electrons. The minimum atomic E-state index is -0.944. The molecule has 1 aliphatic rings. The molecular formula is C17H24N2O5. The molecular weight excluding hydrogens is 312 g/mol. The van der Waals surface area contributed by atoms with Gasteiger partial charge < -0.3 is 19.7 Å². The van der Waals surface area contributed by atoms with Crippen LogP contribution in [0.1, 0.15) is 44.2 Å². The molecule has 0 aliphatic carbocycles. The average Bonchev–Trinajstić information content (AvgIpc) is 3.06. The summed E-state index contributed by atoms with van der Waals surface area (Å²) in [7, 11) is 0. The normalized spacial score (nSPS) is 22.2. The van der Waals surface area contributed by atoms with Gasteiger partial charge in [-0.3, -0.25) is 14.4 Å². The Morgan fingerprint density at radius 2 is 2.08 bits per heavy atom. The van der Waals surface area contributed by atoms with Gasteiger partial charge in [0.25, 0.3) is 5.91 Å². The van der Waals surface area contributed by atoms with E-state index in [1.807, 2.05) is 13.8 Å². The quantitative estimate of drug-likeness (QED) is 0.853. The molecule has 7 heteroatoms. The number of carboxylic acids is 1. The first-order chi connectivity index (χ1) is 11.2. The van der Waals surface area contributed by atoms with Crippen LogP contribution in [0.2, 0.25) is 0 Å². The number of aliphatic carboxylic acids is 1. The summed E-state index contributed by atoms with van der Waals surface area (Å²) in [5.41, 5.74) is -0.944. The van der Waals surface area contributed by atoms with Gasteiger partial charge in [-0.05, 0) is 37.8 Å². The number of carbonyl (C=O) groups is 3. The molecule has 2 atom stereocenters. The van der Waals surface area contributed by atoms with Gasteiger partial charge in [-0.15, -0.1) is 0 Å². The Balaban J connectivity index is 2.11. The second-order valence-electron chi connectivity index (χ2n) is 6.90. The third-order valence-corrected chi connectivity index (χ3v) is 4.49. The van der Waals surface area contributed by atoms with E-state index in [9.17, 15) is 19.5 Å². The molecule has 24 heavy (non-hydrogen) atoms. The van der Waals surface area contributed by atoms with Crippen LogP contribution in [-0.4, -0.2) is 46.9 Å². The Kier molecular flexibility index (Phi) is 5.31. The van der Waals surface area contributed by atoms with E-state index >= 15 is 0 Å². The number of amides is 2. The van der Waals surface area contributed by atoms with Crippen LogP contribution in [0.15, 0.2) is 22.8 Å². The van der Waals surface area contributed by atoms with Crippen LogP contribution >= 0.6 is 0 Å². The highest BCUT2D eigenvalue weighted by molar-refractivity contribution is 5.95. The molecule has 0 saturated carbocycles. The van der Waals surface area contributed by atoms with Crippen molar-refractivity contribution in [3.63, 3.8) is 0 Å². The van der Waals surface area contributed by atoms with Gasteiger partial charge in [-0.1, -0.05) is 13.8 Å². The average molecular weight is 336 g/mol. The lowest BCUT2D eigenvalue weighted by Gasteiger charge is -2.39. The maximum Gasteiger partial charge on any atom is 0.311 e. The van der Waals surface area contributed by atoms with Crippen LogP contribution in [0, 0.1) is 11.3 Å². The number of likely N-dealkylation sites (tertiary alicyclic amines) is 1. The molecule has 1 aliphatic heterocycles. The molecule has 132 valence electrons. The lowest BCUT2D eigenvalue weighted by molar-refractivity contribution is -0.154. The number of carbonyl (C=O) groups excluding carboxylic acids is 2. The SMILES string of the molecule is CC(C)C(NC(=O)c1ccco1)C(=O)N1CCCC(C)(C(=O)O)C1. The Bertz CT molecular complexity index is 611. The van der Waals surface area contributed by atoms with Gasteiger partial charge in [-0.2, -0.15) is 0 Å². The van der Waals surface area contributed by atoms with Crippen molar-refractivity contribution in [2.75, 3.05) is 13.1 Å². The fourth-order valence-corrected chi connectivity index (χ4v) is 2.93. The van der Waals surface area contributed by atoms with E-state index in [0.717, 1.165) is 0 Å². The van der Waals surface area contributed by atoms with Gasteiger partial charge in [0.2, 0.25) is 5.91 Å². The summed E-state index contributed by atoms with van der Waals surface area (Å²) in [5, 5.41) is 12.1. The van der Waals surface area contributed by atoms with Crippen LogP contribution in [0.5, 0.6) is 0 Å². The summed E-state index contributed by atoms with van der Waals surface area (Å²) in [6.07, 6.45) is 2.56. The molecule has 2 rings (SSSR count). The van der Waals surface area contributed by atoms with E-state index in [1.54, 1.807) is 17.9 Å². The molecule has 7 nitrogen and oxygen atoms in total. The number of carboxylic acid groups (broad SMARTS) is 1. The molecule has 1 saturated heterocycles. The summed E-state index contributed by atoms with van der Waals surface area (Å²) >= 11 is 0. The Hall–Kier alpha value is -2.31. The molecule has 1 fully saturated rings. The molecule has 1 aromatic heterocycles. The lowest BCUT2D eigenvalue weighted by atomic mass is 9.81. The maximum atomic E-state index is 12.8. The molecule has 1 aromatic rings. The largest absolute Gasteiger partial charge is 0.481 e. The number of furan rings is 1. The predicted octanol–water partition coefficient (Wildman–Crippen LogP) is 1.75. The number of nitrogens with zero attached hydrogens (tertiary/aromatic N) is 1. The van der Waals surface area contributed by atoms with Gasteiger partial charge >= 0.3 is 5.97 Å². The minimum absolute atomic E-state index is 0.130. The van der Waals surface area contributed by atoms with E-state index in [-0.39, 0.29) is 24.1 Å². The van der Waals surface area contributed by atoms with Crippen molar-refractivity contribution in [2.45, 2.75) is 39.7 Å². The third-order valence-electron chi connectivity index (χ3n) is 4.49. The first-order valence-corrected chi connectivity index (χ1v) is 8.11. The molecule has 2 heterocycles. The third kappa shape index (κ3) is 3.77. The van der Waals surface area contributed by atoms with E-state index in [4.69, 9.17) is 4.42 Å². The lowest BCUT2D eigenvalue weighted by Crippen LogP contribution is -2.56. The van der Waals surface area contributed by atoms with Crippen LogP contribution in [0.3, 0.4) is 0 Å². The van der Waals surface area contributed by atoms with E-state index < -0.39 is 23.3 Å². The molecule has 0 aromatic carbocycles. The monoisotopic (exact) mass is 336 g/mol. The number of rotatable bonds is 5. The summed E-state index contributed by atoms with van der Waals surface area (Å²) < 4.78 is 5.05. The molecule has 0 bridgehead atoms. The van der Waals surface area contributed by atoms with Crippen molar-refractivity contribution >= 4 is 17.8 Å². The Morgan fingerprint density at radius 3 is 2.62 bits per heavy atom. The Morgan fingerprint density at radius 1 is 1.38 bits per heavy atom. The summed E-state index contributed by atoms with van der Waals surface area (Å²) in [6, 6.07) is 2.41. The van der Waals surface area contributed by atoms with Gasteiger partial charge in [0.1, 0.15) is 6.04 Å². The van der Waals surface area contributed by atoms with Crippen LogP contribution in [-0.2, 0) is 9.59 Å². The number of hydrogen-bond acceptors (Lipinski definition) is 4. The minimum Gasteiger partial charge on any atom is -0.481 e. The summed E-state index contributed by atoms with van der Waals surface area (Å²) in [5.74, 6) is -1.60. The molecule has 2 unspecified atom stereocenters. The van der Waals surface area contributed by atoms with E-state index in [2.05, 4.69) is 5.32 Å². The highest BCUT2D eigenvalue weighted by Gasteiger charge is 2.41. The standard InChI is InChI=1S/C17H24N2O5/c1-11(2)13(18-14(20)12-6-4-9-24-12)15(21)19-8-5-7-17(3,10-19)16(22)23/h4,6,9,11,13H,5,7-8,10H2,1-3H3,(H,18,20)(H,22,23). The first-order valence-electron chi connectivity index (χ1n) is 8.11. The second-order valence-corrected chi connectivity index (χ2v) is 6.90. The van der Waals surface area contributed by atoms with Crippen molar-refractivity contribution in [1.29, 1.82) is 0 Å². The topological polar surface area (TPSA) is 99.9 Å². The molecule has 0 spiro atoms. The first kappa shape index (κ1) is 18.0. The van der Waals surface area contributed by atoms with Crippen molar-refractivity contribution in [1.82, 2.24) is 10.2 Å². The zero-order valence-corrected chi connectivity index (χ0v) is 14.2. The maximum absolute atomic E-state index is 12.8. The van der Waals surface area contributed by atoms with Crippen molar-refractivity contribution < 1.29 is 23.9 Å². The van der Waals surface area contributed by atoms with Gasteiger partial charge in [0, 0.05) is 13.1 Å². The fraction of sp³-hybridized carbons (Fsp3) is 0.588. The van der Waals surface area contributed by atoms with Crippen LogP contribution < -0.4 is 5.32 Å². The van der Waals surface area contributed by atoms with Crippen molar-refractivity contribution in [3.8, 4) is 0 Å². The highest BCUT2D eigenvalue weighted by Crippen LogP contribution is 2.30. The molecule has 2 N–H and O–H groups in total. The highest BCUT2D eigenvalue weighted by atomic mass is 16.4. The van der Waals surface area contributed by atoms with Crippen molar-refractivity contribution in [2.24, 2.45) is 11.3 Å². The number of hydrogen-bond donors (Lipinski definition) is 2. The fourth-order valence-electron chi connectivity index (χ4n) is 2.93. The van der Waals surface area contributed by atoms with E-state index in [0.29, 0.717) is 19.4 Å². The number of nitrogens with one attached hydrogen (secondary N) is 1. The van der Waals surface area contributed by atoms with Gasteiger partial charge in [0.15, 0.2) is 5.76 Å². The summed E-state index contributed by atoms with van der Waals surface area (Å²) in [6.45, 7) is 5.99. The van der Waals surface area contributed by atoms with E-state index in [1.165, 1.54) is 12.3 Å². The second kappa shape index (κ2) is 7.07. The smallest absolute Gasteiger partial charge is 0.311 e.